The van der Waals surface area contributed by atoms with Crippen molar-refractivity contribution in [3.8, 4) is 0 Å². The Morgan fingerprint density at radius 2 is 2.06 bits per heavy atom. The summed E-state index contributed by atoms with van der Waals surface area (Å²) < 4.78 is 5.54. The van der Waals surface area contributed by atoms with Crippen LogP contribution < -0.4 is 0 Å². The minimum atomic E-state index is -0.241. The van der Waals surface area contributed by atoms with Crippen molar-refractivity contribution in [3.63, 3.8) is 0 Å². The first-order valence-corrected chi connectivity index (χ1v) is 5.71. The predicted octanol–water partition coefficient (Wildman–Crippen LogP) is 3.73. The van der Waals surface area contributed by atoms with E-state index in [0.717, 1.165) is 11.8 Å². The fraction of sp³-hybridized carbons (Fsp3) is 0.333. The molecule has 0 aliphatic carbocycles. The molecule has 0 spiro atoms. The van der Waals surface area contributed by atoms with Gasteiger partial charge in [0.15, 0.2) is 0 Å². The van der Waals surface area contributed by atoms with E-state index in [4.69, 9.17) is 4.74 Å². The van der Waals surface area contributed by atoms with Crippen molar-refractivity contribution in [2.75, 3.05) is 7.11 Å². The van der Waals surface area contributed by atoms with Gasteiger partial charge in [0.1, 0.15) is 6.29 Å². The molecule has 3 heteroatoms. The highest BCUT2D eigenvalue weighted by atomic mass is 16.5. The average Bonchev–Trinajstić information content (AvgIpc) is 2.38. The molecule has 1 aromatic carbocycles. The Balaban J connectivity index is 3.32. The van der Waals surface area contributed by atoms with Crippen LogP contribution in [-0.4, -0.2) is 20.1 Å². The third-order valence-corrected chi connectivity index (χ3v) is 3.02. The van der Waals surface area contributed by atoms with Crippen LogP contribution in [0.4, 0.5) is 5.69 Å². The zero-order valence-corrected chi connectivity index (χ0v) is 11.1. The van der Waals surface area contributed by atoms with Crippen LogP contribution in [0.2, 0.25) is 0 Å². The number of aliphatic imine (C=N–C) groups is 1. The fourth-order valence-electron chi connectivity index (χ4n) is 1.95. The molecule has 0 aromatic heterocycles. The van der Waals surface area contributed by atoms with E-state index in [2.05, 4.69) is 18.3 Å². The van der Waals surface area contributed by atoms with Crippen molar-refractivity contribution in [1.29, 1.82) is 0 Å². The van der Waals surface area contributed by atoms with Crippen molar-refractivity contribution >= 4 is 18.7 Å². The normalized spacial score (nSPS) is 12.8. The number of carbonyl (C=O) groups is 1. The van der Waals surface area contributed by atoms with Gasteiger partial charge in [-0.05, 0) is 30.5 Å². The maximum atomic E-state index is 10.9. The molecule has 0 radical (unpaired) electrons. The van der Waals surface area contributed by atoms with Gasteiger partial charge in [-0.1, -0.05) is 19.9 Å². The molecule has 0 aliphatic heterocycles. The van der Waals surface area contributed by atoms with Gasteiger partial charge in [-0.3, -0.25) is 9.79 Å². The molecule has 0 saturated carbocycles. The summed E-state index contributed by atoms with van der Waals surface area (Å²) in [6, 6.07) is 5.37. The summed E-state index contributed by atoms with van der Waals surface area (Å²) in [4.78, 5) is 14.8. The number of hydrogen-bond donors (Lipinski definition) is 0. The summed E-state index contributed by atoms with van der Waals surface area (Å²) in [5.74, 6) is 0. The smallest absolute Gasteiger partial charge is 0.150 e. The molecule has 1 rings (SSSR count). The molecule has 0 bridgehead atoms. The Labute approximate surface area is 108 Å². The molecule has 1 atom stereocenters. The lowest BCUT2D eigenvalue weighted by Crippen LogP contribution is -2.21. The Morgan fingerprint density at radius 3 is 2.50 bits per heavy atom. The third kappa shape index (κ3) is 2.93. The number of nitrogens with zero attached hydrogens (tertiary/aromatic N) is 1. The molecule has 3 nitrogen and oxygen atoms in total. The lowest BCUT2D eigenvalue weighted by atomic mass is 9.82. The minimum Gasteiger partial charge on any atom is -0.376 e. The number of methoxy groups -OCH3 is 1. The van der Waals surface area contributed by atoms with E-state index in [1.54, 1.807) is 19.2 Å². The van der Waals surface area contributed by atoms with E-state index in [0.29, 0.717) is 11.3 Å². The van der Waals surface area contributed by atoms with Crippen LogP contribution in [-0.2, 0) is 4.74 Å². The van der Waals surface area contributed by atoms with Gasteiger partial charge in [0.2, 0.25) is 0 Å². The van der Waals surface area contributed by atoms with Gasteiger partial charge in [-0.15, -0.1) is 6.58 Å². The highest BCUT2D eigenvalue weighted by Gasteiger charge is 2.28. The highest BCUT2D eigenvalue weighted by Crippen LogP contribution is 2.38. The summed E-state index contributed by atoms with van der Waals surface area (Å²) in [5.41, 5.74) is 1.89. The topological polar surface area (TPSA) is 38.7 Å². The summed E-state index contributed by atoms with van der Waals surface area (Å²) in [5, 5.41) is 0. The van der Waals surface area contributed by atoms with Gasteiger partial charge >= 0.3 is 0 Å². The van der Waals surface area contributed by atoms with E-state index in [1.165, 1.54) is 0 Å². The van der Waals surface area contributed by atoms with Crippen LogP contribution in [0.5, 0.6) is 0 Å². The standard InChI is InChI=1S/C15H19NO2/c1-6-15(2,3)14(18-5)12-7-11(10-17)8-13(9-12)16-4/h6-10,14H,1,4H2,2-3,5H3. The second-order valence-electron chi connectivity index (χ2n) is 4.78. The van der Waals surface area contributed by atoms with Gasteiger partial charge in [0.05, 0.1) is 11.8 Å². The molecule has 18 heavy (non-hydrogen) atoms. The van der Waals surface area contributed by atoms with Crippen LogP contribution in [0.1, 0.15) is 35.9 Å². The van der Waals surface area contributed by atoms with Gasteiger partial charge in [0, 0.05) is 18.1 Å². The molecule has 0 aliphatic rings. The first kappa shape index (κ1) is 14.3. The van der Waals surface area contributed by atoms with Crippen molar-refractivity contribution < 1.29 is 9.53 Å². The van der Waals surface area contributed by atoms with E-state index in [-0.39, 0.29) is 11.5 Å². The van der Waals surface area contributed by atoms with Crippen molar-refractivity contribution in [3.05, 3.63) is 42.0 Å². The van der Waals surface area contributed by atoms with Crippen molar-refractivity contribution in [2.45, 2.75) is 20.0 Å². The number of ether oxygens (including phenoxy) is 1. The number of aldehydes is 1. The zero-order chi connectivity index (χ0) is 13.8. The van der Waals surface area contributed by atoms with Gasteiger partial charge in [-0.2, -0.15) is 0 Å². The fourth-order valence-corrected chi connectivity index (χ4v) is 1.95. The molecule has 0 fully saturated rings. The monoisotopic (exact) mass is 245 g/mol. The zero-order valence-electron chi connectivity index (χ0n) is 11.1. The molecule has 0 amide bonds. The first-order chi connectivity index (χ1) is 8.48. The van der Waals surface area contributed by atoms with E-state index >= 15 is 0 Å². The van der Waals surface area contributed by atoms with E-state index in [9.17, 15) is 4.79 Å². The molecule has 1 aromatic rings. The Morgan fingerprint density at radius 1 is 1.39 bits per heavy atom. The van der Waals surface area contributed by atoms with Gasteiger partial charge in [0.25, 0.3) is 0 Å². The second kappa shape index (κ2) is 5.74. The maximum absolute atomic E-state index is 10.9. The Hall–Kier alpha value is -1.74. The lowest BCUT2D eigenvalue weighted by molar-refractivity contribution is 0.0303. The van der Waals surface area contributed by atoms with Crippen LogP contribution >= 0.6 is 0 Å². The molecule has 96 valence electrons. The highest BCUT2D eigenvalue weighted by molar-refractivity contribution is 5.77. The minimum absolute atomic E-state index is 0.185. The summed E-state index contributed by atoms with van der Waals surface area (Å²) >= 11 is 0. The third-order valence-electron chi connectivity index (χ3n) is 3.02. The molecule has 0 saturated heterocycles. The predicted molar refractivity (Wildman–Crippen MR) is 74.8 cm³/mol. The molecule has 1 unspecified atom stereocenters. The Bertz CT molecular complexity index is 437. The molecule has 0 heterocycles. The number of rotatable bonds is 6. The summed E-state index contributed by atoms with van der Waals surface area (Å²) in [6.45, 7) is 11.4. The SMILES string of the molecule is C=CC(C)(C)C(OC)c1cc(C=O)cc(N=C)c1. The van der Waals surface area contributed by atoms with Crippen LogP contribution in [0.25, 0.3) is 0 Å². The van der Waals surface area contributed by atoms with Crippen LogP contribution in [0.15, 0.2) is 35.8 Å². The molecular formula is C15H19NO2. The first-order valence-electron chi connectivity index (χ1n) is 5.71. The summed E-state index contributed by atoms with van der Waals surface area (Å²) in [7, 11) is 1.64. The van der Waals surface area contributed by atoms with E-state index in [1.807, 2.05) is 26.0 Å². The largest absolute Gasteiger partial charge is 0.376 e. The number of hydrogen-bond acceptors (Lipinski definition) is 3. The lowest BCUT2D eigenvalue weighted by Gasteiger charge is -2.30. The summed E-state index contributed by atoms with van der Waals surface area (Å²) in [6.07, 6.45) is 2.46. The molecule has 0 N–H and O–H groups in total. The van der Waals surface area contributed by atoms with Crippen molar-refractivity contribution in [2.24, 2.45) is 10.4 Å². The van der Waals surface area contributed by atoms with Crippen LogP contribution in [0.3, 0.4) is 0 Å². The van der Waals surface area contributed by atoms with E-state index < -0.39 is 0 Å². The average molecular weight is 245 g/mol. The van der Waals surface area contributed by atoms with Crippen LogP contribution in [0, 0.1) is 5.41 Å². The maximum Gasteiger partial charge on any atom is 0.150 e. The Kier molecular flexibility index (Phi) is 4.56. The quantitative estimate of drug-likeness (QED) is 0.435. The second-order valence-corrected chi connectivity index (χ2v) is 4.78. The number of benzene rings is 1. The molecular weight excluding hydrogens is 226 g/mol. The number of carbonyl (C=O) groups excluding carboxylic acids is 1. The van der Waals surface area contributed by atoms with Gasteiger partial charge < -0.3 is 4.74 Å². The van der Waals surface area contributed by atoms with Crippen molar-refractivity contribution in [1.82, 2.24) is 0 Å². The van der Waals surface area contributed by atoms with Gasteiger partial charge in [-0.25, -0.2) is 0 Å².